The van der Waals surface area contributed by atoms with E-state index in [2.05, 4.69) is 9.72 Å². The first kappa shape index (κ1) is 20.5. The quantitative estimate of drug-likeness (QED) is 0.440. The zero-order chi connectivity index (χ0) is 20.9. The van der Waals surface area contributed by atoms with Crippen molar-refractivity contribution in [2.24, 2.45) is 0 Å². The van der Waals surface area contributed by atoms with Crippen molar-refractivity contribution in [3.63, 3.8) is 0 Å². The van der Waals surface area contributed by atoms with E-state index in [1.54, 1.807) is 0 Å². The Labute approximate surface area is 164 Å². The molecule has 0 aliphatic carbocycles. The van der Waals surface area contributed by atoms with Crippen LogP contribution in [0.1, 0.15) is 15.9 Å². The third-order valence-corrected chi connectivity index (χ3v) is 3.99. The van der Waals surface area contributed by atoms with Gasteiger partial charge in [-0.15, -0.1) is 13.2 Å². The molecule has 154 valence electrons. The molecular weight excluding hydrogens is 391 g/mol. The van der Waals surface area contributed by atoms with Crippen LogP contribution in [0.2, 0.25) is 0 Å². The highest BCUT2D eigenvalue weighted by molar-refractivity contribution is 6.05. The van der Waals surface area contributed by atoms with Crippen molar-refractivity contribution in [1.29, 1.82) is 0 Å². The van der Waals surface area contributed by atoms with Crippen molar-refractivity contribution < 1.29 is 36.9 Å². The number of esters is 1. The van der Waals surface area contributed by atoms with E-state index in [1.165, 1.54) is 19.2 Å². The number of nitrogens with one attached hydrogen (secondary N) is 1. The summed E-state index contributed by atoms with van der Waals surface area (Å²) in [6, 6.07) is 12.6. The first-order chi connectivity index (χ1) is 13.9. The van der Waals surface area contributed by atoms with Crippen LogP contribution in [0.15, 0.2) is 48.7 Å². The average Bonchev–Trinajstić information content (AvgIpc) is 3.09. The molecule has 1 N–H and O–H groups in total. The smallest absolute Gasteiger partial charge is 0.493 e. The Balaban J connectivity index is 1.65. The number of carbonyl (C=O) groups excluding carboxylic acids is 1. The zero-order valence-electron chi connectivity index (χ0n) is 15.4. The standard InChI is InChI=1S/C20H18F3NO5/c1-26-17-9-14-15(19(25)29-20(21,22)23)11-24-16(14)10-18(17)28-8-7-27-12-13-5-3-2-4-6-13/h2-6,9-11,24H,7-8,12H2,1H3. The summed E-state index contributed by atoms with van der Waals surface area (Å²) in [6.07, 6.45) is -3.92. The van der Waals surface area contributed by atoms with Gasteiger partial charge in [0.1, 0.15) is 6.61 Å². The molecule has 3 aromatic rings. The van der Waals surface area contributed by atoms with Gasteiger partial charge in [-0.25, -0.2) is 4.79 Å². The SMILES string of the molecule is COc1cc2c(C(=O)OC(F)(F)F)c[nH]c2cc1OCCOCc1ccccc1. The molecule has 3 rings (SSSR count). The van der Waals surface area contributed by atoms with Crippen LogP contribution in [0.25, 0.3) is 10.9 Å². The number of halogens is 3. The van der Waals surface area contributed by atoms with E-state index < -0.39 is 12.3 Å². The number of alkyl halides is 3. The Morgan fingerprint density at radius 1 is 1.07 bits per heavy atom. The van der Waals surface area contributed by atoms with Crippen LogP contribution in [-0.4, -0.2) is 37.6 Å². The highest BCUT2D eigenvalue weighted by Crippen LogP contribution is 2.34. The van der Waals surface area contributed by atoms with Crippen LogP contribution in [0.5, 0.6) is 11.5 Å². The van der Waals surface area contributed by atoms with Crippen molar-refractivity contribution in [3.8, 4) is 11.5 Å². The van der Waals surface area contributed by atoms with Crippen LogP contribution in [0.3, 0.4) is 0 Å². The number of ether oxygens (including phenoxy) is 4. The lowest BCUT2D eigenvalue weighted by Crippen LogP contribution is -2.19. The molecule has 9 heteroatoms. The average molecular weight is 409 g/mol. The van der Waals surface area contributed by atoms with Gasteiger partial charge in [0.25, 0.3) is 0 Å². The maximum atomic E-state index is 12.3. The molecule has 0 aliphatic heterocycles. The third-order valence-electron chi connectivity index (χ3n) is 3.99. The summed E-state index contributed by atoms with van der Waals surface area (Å²) in [6.45, 7) is 1.00. The summed E-state index contributed by atoms with van der Waals surface area (Å²) in [4.78, 5) is 14.5. The van der Waals surface area contributed by atoms with Crippen LogP contribution in [-0.2, 0) is 16.1 Å². The Kier molecular flexibility index (Phi) is 6.28. The van der Waals surface area contributed by atoms with E-state index in [0.29, 0.717) is 24.5 Å². The molecule has 0 aliphatic rings. The van der Waals surface area contributed by atoms with Gasteiger partial charge >= 0.3 is 12.3 Å². The van der Waals surface area contributed by atoms with E-state index in [0.717, 1.165) is 11.8 Å². The molecule has 29 heavy (non-hydrogen) atoms. The van der Waals surface area contributed by atoms with Gasteiger partial charge < -0.3 is 23.9 Å². The highest BCUT2D eigenvalue weighted by atomic mass is 19.4. The van der Waals surface area contributed by atoms with E-state index >= 15 is 0 Å². The fraction of sp³-hybridized carbons (Fsp3) is 0.250. The van der Waals surface area contributed by atoms with E-state index in [1.807, 2.05) is 30.3 Å². The van der Waals surface area contributed by atoms with Crippen molar-refractivity contribution in [3.05, 3.63) is 59.8 Å². The highest BCUT2D eigenvalue weighted by Gasteiger charge is 2.35. The Hall–Kier alpha value is -3.20. The molecule has 1 aromatic heterocycles. The Morgan fingerprint density at radius 2 is 1.83 bits per heavy atom. The number of aromatic amines is 1. The number of benzene rings is 2. The fourth-order valence-corrected chi connectivity index (χ4v) is 2.71. The van der Waals surface area contributed by atoms with Gasteiger partial charge in [-0.05, 0) is 11.6 Å². The van der Waals surface area contributed by atoms with Crippen LogP contribution < -0.4 is 9.47 Å². The van der Waals surface area contributed by atoms with Gasteiger partial charge in [0.2, 0.25) is 0 Å². The largest absolute Gasteiger partial charge is 0.575 e. The summed E-state index contributed by atoms with van der Waals surface area (Å²) in [5, 5.41) is 0.226. The molecule has 0 spiro atoms. The van der Waals surface area contributed by atoms with E-state index in [4.69, 9.17) is 14.2 Å². The number of fused-ring (bicyclic) bond motifs is 1. The number of aromatic nitrogens is 1. The summed E-state index contributed by atoms with van der Waals surface area (Å²) < 4.78 is 56.8. The van der Waals surface area contributed by atoms with Crippen LogP contribution >= 0.6 is 0 Å². The van der Waals surface area contributed by atoms with Gasteiger partial charge in [0.05, 0.1) is 31.4 Å². The second kappa shape index (κ2) is 8.87. The second-order valence-corrected chi connectivity index (χ2v) is 5.97. The lowest BCUT2D eigenvalue weighted by Gasteiger charge is -2.12. The monoisotopic (exact) mass is 409 g/mol. The van der Waals surface area contributed by atoms with Crippen LogP contribution in [0, 0.1) is 0 Å². The Bertz CT molecular complexity index is 969. The molecule has 0 saturated heterocycles. The molecule has 0 atom stereocenters. The number of H-pyrrole nitrogens is 1. The molecule has 2 aromatic carbocycles. The minimum absolute atomic E-state index is 0.226. The summed E-state index contributed by atoms with van der Waals surface area (Å²) >= 11 is 0. The molecule has 6 nitrogen and oxygen atoms in total. The molecule has 0 amide bonds. The van der Waals surface area contributed by atoms with Gasteiger partial charge in [0, 0.05) is 17.6 Å². The van der Waals surface area contributed by atoms with Crippen molar-refractivity contribution >= 4 is 16.9 Å². The maximum Gasteiger partial charge on any atom is 0.575 e. The molecular formula is C20H18F3NO5. The van der Waals surface area contributed by atoms with E-state index in [9.17, 15) is 18.0 Å². The number of hydrogen-bond acceptors (Lipinski definition) is 5. The van der Waals surface area contributed by atoms with Gasteiger partial charge in [0.15, 0.2) is 11.5 Å². The lowest BCUT2D eigenvalue weighted by molar-refractivity contribution is -0.291. The van der Waals surface area contributed by atoms with Gasteiger partial charge in [-0.2, -0.15) is 0 Å². The number of hydrogen-bond donors (Lipinski definition) is 1. The minimum Gasteiger partial charge on any atom is -0.493 e. The summed E-state index contributed by atoms with van der Waals surface area (Å²) in [5.74, 6) is -0.879. The molecule has 0 radical (unpaired) electrons. The van der Waals surface area contributed by atoms with Crippen molar-refractivity contribution in [1.82, 2.24) is 4.98 Å². The summed E-state index contributed by atoms with van der Waals surface area (Å²) in [7, 11) is 1.39. The maximum absolute atomic E-state index is 12.3. The third kappa shape index (κ3) is 5.41. The Morgan fingerprint density at radius 3 is 2.52 bits per heavy atom. The molecule has 0 bridgehead atoms. The fourth-order valence-electron chi connectivity index (χ4n) is 2.71. The number of rotatable bonds is 8. The first-order valence-corrected chi connectivity index (χ1v) is 8.61. The normalized spacial score (nSPS) is 11.4. The van der Waals surface area contributed by atoms with Gasteiger partial charge in [-0.1, -0.05) is 30.3 Å². The molecule has 0 fully saturated rings. The predicted octanol–water partition coefficient (Wildman–Crippen LogP) is 4.45. The van der Waals surface area contributed by atoms with Crippen molar-refractivity contribution in [2.45, 2.75) is 13.0 Å². The zero-order valence-corrected chi connectivity index (χ0v) is 15.4. The topological polar surface area (TPSA) is 69.8 Å². The molecule has 0 unspecified atom stereocenters. The minimum atomic E-state index is -5.06. The molecule has 1 heterocycles. The second-order valence-electron chi connectivity index (χ2n) is 5.97. The first-order valence-electron chi connectivity index (χ1n) is 8.61. The predicted molar refractivity (Wildman–Crippen MR) is 97.9 cm³/mol. The van der Waals surface area contributed by atoms with Crippen LogP contribution in [0.4, 0.5) is 13.2 Å². The number of carbonyl (C=O) groups is 1. The number of methoxy groups -OCH3 is 1. The van der Waals surface area contributed by atoms with Crippen molar-refractivity contribution in [2.75, 3.05) is 20.3 Å². The summed E-state index contributed by atoms with van der Waals surface area (Å²) in [5.41, 5.74) is 1.18. The lowest BCUT2D eigenvalue weighted by atomic mass is 10.1. The van der Waals surface area contributed by atoms with E-state index in [-0.39, 0.29) is 23.3 Å². The molecule has 0 saturated carbocycles. The van der Waals surface area contributed by atoms with Gasteiger partial charge in [-0.3, -0.25) is 0 Å².